The van der Waals surface area contributed by atoms with Crippen molar-refractivity contribution in [3.63, 3.8) is 0 Å². The van der Waals surface area contributed by atoms with Crippen molar-refractivity contribution in [2.24, 2.45) is 0 Å². The second-order valence-electron chi connectivity index (χ2n) is 9.72. The van der Waals surface area contributed by atoms with E-state index in [0.29, 0.717) is 27.2 Å². The molecule has 0 bridgehead atoms. The van der Waals surface area contributed by atoms with Crippen molar-refractivity contribution in [1.29, 1.82) is 0 Å². The molecular formula is C28H39Cl3N4O2. The Morgan fingerprint density at radius 2 is 1.70 bits per heavy atom. The number of allylic oxidation sites excluding steroid dienone is 5. The highest BCUT2D eigenvalue weighted by molar-refractivity contribution is 6.38. The molecule has 0 aromatic heterocycles. The third-order valence-electron chi connectivity index (χ3n) is 6.69. The zero-order valence-electron chi connectivity index (χ0n) is 22.0. The molecule has 0 radical (unpaired) electrons. The summed E-state index contributed by atoms with van der Waals surface area (Å²) >= 11 is 17.7. The number of piperazine rings is 1. The second kappa shape index (κ2) is 14.9. The highest BCUT2D eigenvalue weighted by Crippen LogP contribution is 2.31. The maximum Gasteiger partial charge on any atom is 0.319 e. The number of benzene rings is 1. The fourth-order valence-corrected chi connectivity index (χ4v) is 5.62. The number of carbonyl (C=O) groups is 1. The van der Waals surface area contributed by atoms with Gasteiger partial charge in [0.1, 0.15) is 5.75 Å². The van der Waals surface area contributed by atoms with E-state index in [4.69, 9.17) is 39.5 Å². The summed E-state index contributed by atoms with van der Waals surface area (Å²) < 4.78 is 5.99. The maximum atomic E-state index is 11.1. The monoisotopic (exact) mass is 568 g/mol. The van der Waals surface area contributed by atoms with Crippen LogP contribution in [0, 0.1) is 0 Å². The lowest BCUT2D eigenvalue weighted by molar-refractivity contribution is 0.147. The van der Waals surface area contributed by atoms with E-state index in [1.165, 1.54) is 64.0 Å². The summed E-state index contributed by atoms with van der Waals surface area (Å²) in [7, 11) is 1.50. The molecule has 9 heteroatoms. The molecule has 0 unspecified atom stereocenters. The number of halogens is 3. The van der Waals surface area contributed by atoms with Crippen LogP contribution >= 0.6 is 34.8 Å². The largest absolute Gasteiger partial charge is 0.489 e. The molecule has 1 saturated carbocycles. The van der Waals surface area contributed by atoms with Crippen LogP contribution in [0.15, 0.2) is 57.2 Å². The summed E-state index contributed by atoms with van der Waals surface area (Å²) in [6, 6.07) is 8.96. The third kappa shape index (κ3) is 9.13. The number of urea groups is 1. The fraction of sp³-hybridized carbons (Fsp3) is 0.536. The predicted octanol–water partition coefficient (Wildman–Crippen LogP) is 6.94. The van der Waals surface area contributed by atoms with Crippen LogP contribution in [0.5, 0.6) is 5.75 Å². The molecule has 4 rings (SSSR count). The lowest BCUT2D eigenvalue weighted by atomic mass is 9.94. The van der Waals surface area contributed by atoms with Gasteiger partial charge in [-0.3, -0.25) is 4.90 Å². The van der Waals surface area contributed by atoms with Crippen molar-refractivity contribution in [3.8, 4) is 5.75 Å². The number of nitrogens with zero attached hydrogens (tertiary/aromatic N) is 2. The van der Waals surface area contributed by atoms with E-state index in [2.05, 4.69) is 58.5 Å². The maximum absolute atomic E-state index is 11.1. The van der Waals surface area contributed by atoms with Gasteiger partial charge in [0.05, 0.1) is 22.5 Å². The first-order valence-corrected chi connectivity index (χ1v) is 14.3. The minimum atomic E-state index is -0.382. The van der Waals surface area contributed by atoms with Crippen LogP contribution in [0.4, 0.5) is 10.5 Å². The van der Waals surface area contributed by atoms with E-state index in [0.717, 1.165) is 24.9 Å². The molecule has 0 atom stereocenters. The van der Waals surface area contributed by atoms with Crippen LogP contribution in [-0.2, 0) is 0 Å². The first kappa shape index (κ1) is 29.7. The average Bonchev–Trinajstić information content (AvgIpc) is 3.02. The number of hydrogen-bond donors (Lipinski definition) is 2. The lowest BCUT2D eigenvalue weighted by Crippen LogP contribution is -2.50. The molecule has 0 spiro atoms. The number of amides is 2. The number of nitrogens with one attached hydrogen (secondary N) is 2. The van der Waals surface area contributed by atoms with Crippen LogP contribution in [-0.4, -0.2) is 56.3 Å². The summed E-state index contributed by atoms with van der Waals surface area (Å²) in [4.78, 5) is 16.3. The summed E-state index contributed by atoms with van der Waals surface area (Å²) in [6.07, 6.45) is 11.0. The Hall–Kier alpha value is -1.86. The minimum Gasteiger partial charge on any atom is -0.489 e. The third-order valence-corrected chi connectivity index (χ3v) is 7.60. The van der Waals surface area contributed by atoms with E-state index >= 15 is 0 Å². The molecule has 1 aromatic carbocycles. The smallest absolute Gasteiger partial charge is 0.319 e. The Bertz CT molecular complexity index is 995. The summed E-state index contributed by atoms with van der Waals surface area (Å²) in [6.45, 7) is 8.82. The van der Waals surface area contributed by atoms with Crippen molar-refractivity contribution in [3.05, 3.63) is 57.2 Å². The van der Waals surface area contributed by atoms with Gasteiger partial charge in [0.2, 0.25) is 0 Å². The van der Waals surface area contributed by atoms with Gasteiger partial charge in [-0.1, -0.05) is 72.3 Å². The number of hydrogen-bond acceptors (Lipinski definition) is 4. The predicted molar refractivity (Wildman–Crippen MR) is 156 cm³/mol. The number of carbonyl (C=O) groups excluding carboxylic acids is 1. The minimum absolute atomic E-state index is 0.227. The van der Waals surface area contributed by atoms with Gasteiger partial charge in [0.15, 0.2) is 0 Å². The molecule has 1 saturated heterocycles. The summed E-state index contributed by atoms with van der Waals surface area (Å²) in [5.74, 6) is 1.03. The molecule has 2 aliphatic carbocycles. The van der Waals surface area contributed by atoms with E-state index in [-0.39, 0.29) is 12.1 Å². The molecule has 2 amide bonds. The van der Waals surface area contributed by atoms with E-state index in [1.807, 2.05) is 0 Å². The van der Waals surface area contributed by atoms with Crippen molar-refractivity contribution in [2.45, 2.75) is 64.5 Å². The first-order valence-electron chi connectivity index (χ1n) is 13.1. The van der Waals surface area contributed by atoms with Gasteiger partial charge in [0, 0.05) is 55.8 Å². The summed E-state index contributed by atoms with van der Waals surface area (Å²) in [5.41, 5.74) is 1.64. The van der Waals surface area contributed by atoms with Crippen molar-refractivity contribution >= 4 is 46.5 Å². The van der Waals surface area contributed by atoms with E-state index in [1.54, 1.807) is 6.08 Å². The molecule has 1 aromatic rings. The molecule has 1 heterocycles. The Morgan fingerprint density at radius 1 is 1.03 bits per heavy atom. The number of para-hydroxylation sites is 2. The van der Waals surface area contributed by atoms with Crippen molar-refractivity contribution < 1.29 is 9.53 Å². The van der Waals surface area contributed by atoms with E-state index in [9.17, 15) is 4.79 Å². The van der Waals surface area contributed by atoms with Crippen LogP contribution < -0.4 is 20.3 Å². The van der Waals surface area contributed by atoms with Gasteiger partial charge in [0.25, 0.3) is 0 Å². The molecule has 1 aliphatic heterocycles. The Balaban J connectivity index is 0.000000222. The van der Waals surface area contributed by atoms with Gasteiger partial charge >= 0.3 is 6.03 Å². The van der Waals surface area contributed by atoms with Gasteiger partial charge in [-0.2, -0.15) is 0 Å². The topological polar surface area (TPSA) is 56.8 Å². The van der Waals surface area contributed by atoms with Crippen molar-refractivity contribution in [2.75, 3.05) is 38.1 Å². The van der Waals surface area contributed by atoms with E-state index < -0.39 is 0 Å². The Labute approximate surface area is 236 Å². The lowest BCUT2D eigenvalue weighted by Gasteiger charge is -2.41. The number of anilines is 1. The molecule has 2 N–H and O–H groups in total. The number of ether oxygens (including phenoxy) is 1. The van der Waals surface area contributed by atoms with Crippen molar-refractivity contribution in [1.82, 2.24) is 15.5 Å². The first-order chi connectivity index (χ1) is 17.8. The highest BCUT2D eigenvalue weighted by Gasteiger charge is 2.26. The van der Waals surface area contributed by atoms with Crippen LogP contribution in [0.25, 0.3) is 0 Å². The highest BCUT2D eigenvalue weighted by atomic mass is 35.5. The van der Waals surface area contributed by atoms with Gasteiger partial charge in [-0.05, 0) is 44.9 Å². The van der Waals surface area contributed by atoms with Crippen LogP contribution in [0.3, 0.4) is 0 Å². The van der Waals surface area contributed by atoms with Crippen LogP contribution in [0.2, 0.25) is 0 Å². The molecule has 2 fully saturated rings. The molecule has 6 nitrogen and oxygen atoms in total. The van der Waals surface area contributed by atoms with Gasteiger partial charge in [-0.15, -0.1) is 0 Å². The van der Waals surface area contributed by atoms with Gasteiger partial charge in [-0.25, -0.2) is 4.79 Å². The molecule has 37 heavy (non-hydrogen) atoms. The Kier molecular flexibility index (Phi) is 12.0. The zero-order chi connectivity index (χ0) is 26.8. The normalized spacial score (nSPS) is 19.4. The molecular weight excluding hydrogens is 531 g/mol. The quantitative estimate of drug-likeness (QED) is 0.403. The van der Waals surface area contributed by atoms with Gasteiger partial charge < -0.3 is 20.3 Å². The molecule has 204 valence electrons. The summed E-state index contributed by atoms with van der Waals surface area (Å²) in [5, 5.41) is 6.18. The molecule has 3 aliphatic rings. The fourth-order valence-electron chi connectivity index (χ4n) is 4.82. The second-order valence-corrected chi connectivity index (χ2v) is 11.0. The average molecular weight is 570 g/mol. The Morgan fingerprint density at radius 3 is 2.35 bits per heavy atom. The van der Waals surface area contributed by atoms with Crippen LogP contribution in [0.1, 0.15) is 52.4 Å². The zero-order valence-corrected chi connectivity index (χ0v) is 24.3. The standard InChI is InChI=1S/C19H30N2O.C9H9Cl3N2O/c1-16(2)22-19-11-7-6-10-18(19)21-14-12-20(13-15-21)17-8-4-3-5-9-17;1-13-9(15)14-8-6(11)3-2-5(10)4-7(8)12/h6-7,10-11,16-17H,3-5,8-9,12-15H2,1-2H3;2,4H,3H2,1H3,(H2,13,14,15). The SMILES string of the molecule is CC(C)Oc1ccccc1N1CCN(C2CCCCC2)CC1.CNC(=O)NC1=C(Cl)CC=C(Cl)C=C1Cl. The number of rotatable bonds is 5.